The summed E-state index contributed by atoms with van der Waals surface area (Å²) < 4.78 is 13.3. The molecule has 3 atom stereocenters. The van der Waals surface area contributed by atoms with Gasteiger partial charge in [0.2, 0.25) is 5.28 Å². The fraction of sp³-hybridized carbons (Fsp3) is 0.348. The number of anilines is 1. The van der Waals surface area contributed by atoms with E-state index in [1.807, 2.05) is 0 Å². The summed E-state index contributed by atoms with van der Waals surface area (Å²) in [6, 6.07) is 8.38. The molecule has 1 aromatic carbocycles. The first-order valence-electron chi connectivity index (χ1n) is 10.6. The number of imidazole rings is 1. The van der Waals surface area contributed by atoms with Crippen LogP contribution in [0.2, 0.25) is 5.28 Å². The highest BCUT2D eigenvalue weighted by Crippen LogP contribution is 2.36. The minimum absolute atomic E-state index is 0.0172. The lowest BCUT2D eigenvalue weighted by Gasteiger charge is -2.27. The van der Waals surface area contributed by atoms with Crippen LogP contribution in [0, 0.1) is 18.3 Å². The molecule has 3 unspecified atom stereocenters. The van der Waals surface area contributed by atoms with Crippen molar-refractivity contribution < 1.29 is 29.3 Å². The van der Waals surface area contributed by atoms with Gasteiger partial charge in [-0.05, 0) is 17.2 Å². The van der Waals surface area contributed by atoms with Gasteiger partial charge in [0.15, 0.2) is 17.0 Å². The standard InChI is InChI=1S/C23H22ClN5O6/c1-3-14-9-16(29-12-26-17-18(25-2)27-22(24)28-19(17)29)35-15(14)11-34-23(20(30)31,21(32)33)10-13-7-5-4-6-8-13/h1,4-8,12,14-16H,9-11H2,2H3,(H,30,31)(H,32,33)(H,25,27,28). The topological polar surface area (TPSA) is 149 Å². The van der Waals surface area contributed by atoms with E-state index in [2.05, 4.69) is 26.2 Å². The number of rotatable bonds is 9. The molecule has 0 saturated carbocycles. The summed E-state index contributed by atoms with van der Waals surface area (Å²) >= 11 is 6.04. The number of hydrogen-bond acceptors (Lipinski definition) is 8. The van der Waals surface area contributed by atoms with E-state index in [9.17, 15) is 19.8 Å². The van der Waals surface area contributed by atoms with Gasteiger partial charge < -0.3 is 25.0 Å². The molecular formula is C23H22ClN5O6. The lowest BCUT2D eigenvalue weighted by molar-refractivity contribution is -0.188. The maximum atomic E-state index is 12.1. The monoisotopic (exact) mass is 499 g/mol. The van der Waals surface area contributed by atoms with Crippen molar-refractivity contribution in [2.75, 3.05) is 19.0 Å². The number of terminal acetylenes is 1. The second-order valence-electron chi connectivity index (χ2n) is 7.96. The fourth-order valence-electron chi connectivity index (χ4n) is 4.03. The summed E-state index contributed by atoms with van der Waals surface area (Å²) in [6.45, 7) is -0.346. The Kier molecular flexibility index (Phi) is 6.88. The van der Waals surface area contributed by atoms with E-state index in [1.165, 1.54) is 6.33 Å². The van der Waals surface area contributed by atoms with Gasteiger partial charge in [0, 0.05) is 19.9 Å². The number of aromatic nitrogens is 4. The molecule has 3 heterocycles. The molecule has 3 N–H and O–H groups in total. The Morgan fingerprint density at radius 2 is 2.03 bits per heavy atom. The zero-order valence-electron chi connectivity index (χ0n) is 18.6. The van der Waals surface area contributed by atoms with Crippen molar-refractivity contribution >= 4 is 40.5 Å². The van der Waals surface area contributed by atoms with Crippen molar-refractivity contribution in [3.8, 4) is 12.3 Å². The van der Waals surface area contributed by atoms with Crippen molar-refractivity contribution in [1.82, 2.24) is 19.5 Å². The van der Waals surface area contributed by atoms with Crippen LogP contribution in [0.1, 0.15) is 18.2 Å². The number of fused-ring (bicyclic) bond motifs is 1. The third-order valence-electron chi connectivity index (χ3n) is 5.87. The highest BCUT2D eigenvalue weighted by atomic mass is 35.5. The molecule has 0 aliphatic carbocycles. The first kappa shape index (κ1) is 24.4. The molecule has 1 aliphatic rings. The van der Waals surface area contributed by atoms with E-state index < -0.39 is 35.8 Å². The van der Waals surface area contributed by atoms with Crippen LogP contribution in [-0.4, -0.2) is 67.0 Å². The average Bonchev–Trinajstić information content (AvgIpc) is 3.45. The van der Waals surface area contributed by atoms with E-state index in [0.29, 0.717) is 29.0 Å². The molecular weight excluding hydrogens is 478 g/mol. The van der Waals surface area contributed by atoms with Gasteiger partial charge in [0.1, 0.15) is 6.23 Å². The maximum absolute atomic E-state index is 12.1. The molecule has 0 radical (unpaired) electrons. The quantitative estimate of drug-likeness (QED) is 0.227. The number of halogens is 1. The molecule has 0 amide bonds. The van der Waals surface area contributed by atoms with Crippen LogP contribution < -0.4 is 5.32 Å². The summed E-state index contributed by atoms with van der Waals surface area (Å²) in [5.74, 6) is -0.642. The summed E-state index contributed by atoms with van der Waals surface area (Å²) in [7, 11) is 1.68. The number of carbonyl (C=O) groups is 2. The van der Waals surface area contributed by atoms with Gasteiger partial charge in [-0.15, -0.1) is 12.3 Å². The lowest BCUT2D eigenvalue weighted by Crippen LogP contribution is -2.52. The second-order valence-corrected chi connectivity index (χ2v) is 8.30. The number of hydrogen-bond donors (Lipinski definition) is 3. The molecule has 0 bridgehead atoms. The van der Waals surface area contributed by atoms with Crippen LogP contribution in [0.4, 0.5) is 5.82 Å². The predicted octanol–water partition coefficient (Wildman–Crippen LogP) is 2.23. The number of nitrogens with zero attached hydrogens (tertiary/aromatic N) is 4. The van der Waals surface area contributed by atoms with E-state index in [0.717, 1.165) is 0 Å². The molecule has 11 nitrogen and oxygen atoms in total. The fourth-order valence-corrected chi connectivity index (χ4v) is 4.20. The Morgan fingerprint density at radius 1 is 1.31 bits per heavy atom. The number of carboxylic acid groups (broad SMARTS) is 2. The van der Waals surface area contributed by atoms with Crippen LogP contribution in [0.3, 0.4) is 0 Å². The predicted molar refractivity (Wildman–Crippen MR) is 125 cm³/mol. The third kappa shape index (κ3) is 4.64. The molecule has 1 fully saturated rings. The van der Waals surface area contributed by atoms with Gasteiger partial charge in [-0.1, -0.05) is 30.3 Å². The number of benzene rings is 1. The normalized spacial score (nSPS) is 20.0. The summed E-state index contributed by atoms with van der Waals surface area (Å²) in [6.07, 6.45) is 5.83. The van der Waals surface area contributed by atoms with Crippen LogP contribution in [0.15, 0.2) is 36.7 Å². The van der Waals surface area contributed by atoms with E-state index in [1.54, 1.807) is 41.9 Å². The Bertz CT molecular complexity index is 1280. The van der Waals surface area contributed by atoms with E-state index in [4.69, 9.17) is 27.5 Å². The molecule has 1 saturated heterocycles. The van der Waals surface area contributed by atoms with E-state index in [-0.39, 0.29) is 18.3 Å². The van der Waals surface area contributed by atoms with Crippen molar-refractivity contribution in [3.63, 3.8) is 0 Å². The van der Waals surface area contributed by atoms with Crippen molar-refractivity contribution in [3.05, 3.63) is 47.5 Å². The van der Waals surface area contributed by atoms with Crippen LogP contribution >= 0.6 is 11.6 Å². The van der Waals surface area contributed by atoms with Crippen LogP contribution in [-0.2, 0) is 25.5 Å². The number of carboxylic acids is 2. The zero-order chi connectivity index (χ0) is 25.2. The van der Waals surface area contributed by atoms with Crippen LogP contribution in [0.5, 0.6) is 0 Å². The highest BCUT2D eigenvalue weighted by molar-refractivity contribution is 6.28. The molecule has 182 valence electrons. The van der Waals surface area contributed by atoms with E-state index >= 15 is 0 Å². The van der Waals surface area contributed by atoms with Gasteiger partial charge in [0.05, 0.1) is 25.0 Å². The molecule has 2 aromatic heterocycles. The highest BCUT2D eigenvalue weighted by Gasteiger charge is 2.50. The molecule has 3 aromatic rings. The minimum Gasteiger partial charge on any atom is -0.479 e. The first-order valence-corrected chi connectivity index (χ1v) is 11.0. The SMILES string of the molecule is C#CC1CC(n2cnc3c(NC)nc(Cl)nc32)OC1COC(Cc1ccccc1)(C(=O)O)C(=O)O. The van der Waals surface area contributed by atoms with Gasteiger partial charge in [0.25, 0.3) is 5.60 Å². The summed E-state index contributed by atoms with van der Waals surface area (Å²) in [4.78, 5) is 36.8. The minimum atomic E-state index is -2.51. The van der Waals surface area contributed by atoms with Gasteiger partial charge in [-0.25, -0.2) is 14.6 Å². The Morgan fingerprint density at radius 3 is 2.66 bits per heavy atom. The van der Waals surface area contributed by atoms with Gasteiger partial charge in [-0.3, -0.25) is 4.57 Å². The molecule has 1 aliphatic heterocycles. The van der Waals surface area contributed by atoms with Crippen molar-refractivity contribution in [2.24, 2.45) is 5.92 Å². The Labute approximate surface area is 205 Å². The maximum Gasteiger partial charge on any atom is 0.348 e. The van der Waals surface area contributed by atoms with Crippen LogP contribution in [0.25, 0.3) is 11.2 Å². The summed E-state index contributed by atoms with van der Waals surface area (Å²) in [5.41, 5.74) is -1.10. The Hall–Kier alpha value is -3.72. The zero-order valence-corrected chi connectivity index (χ0v) is 19.3. The number of nitrogens with one attached hydrogen (secondary N) is 1. The lowest BCUT2D eigenvalue weighted by atomic mass is 9.94. The smallest absolute Gasteiger partial charge is 0.348 e. The summed E-state index contributed by atoms with van der Waals surface area (Å²) in [5, 5.41) is 22.6. The number of ether oxygens (including phenoxy) is 2. The van der Waals surface area contributed by atoms with Gasteiger partial charge in [-0.2, -0.15) is 9.97 Å². The largest absolute Gasteiger partial charge is 0.479 e. The van der Waals surface area contributed by atoms with Crippen molar-refractivity contribution in [2.45, 2.75) is 30.8 Å². The number of aliphatic carboxylic acids is 2. The second kappa shape index (κ2) is 9.87. The van der Waals surface area contributed by atoms with Gasteiger partial charge >= 0.3 is 11.9 Å². The average molecular weight is 500 g/mol. The third-order valence-corrected chi connectivity index (χ3v) is 6.04. The Balaban J connectivity index is 1.57. The molecule has 12 heteroatoms. The molecule has 4 rings (SSSR count). The first-order chi connectivity index (χ1) is 16.8. The van der Waals surface area contributed by atoms with Crippen molar-refractivity contribution in [1.29, 1.82) is 0 Å². The molecule has 0 spiro atoms. The molecule has 35 heavy (non-hydrogen) atoms.